The fourth-order valence-corrected chi connectivity index (χ4v) is 1.66. The molecule has 6 heteroatoms. The maximum atomic E-state index is 13.7. The monoisotopic (exact) mass is 312 g/mol. The average molecular weight is 312 g/mol. The highest BCUT2D eigenvalue weighted by atomic mass is 19.1. The minimum atomic E-state index is -0.883. The van der Waals surface area contributed by atoms with Crippen molar-refractivity contribution in [1.29, 1.82) is 0 Å². The van der Waals surface area contributed by atoms with Crippen LogP contribution in [0, 0.1) is 23.5 Å². The molecule has 116 valence electrons. The van der Waals surface area contributed by atoms with Crippen LogP contribution in [0.4, 0.5) is 14.5 Å². The summed E-state index contributed by atoms with van der Waals surface area (Å²) in [5.41, 5.74) is 11.4. The molecule has 2 aromatic rings. The third kappa shape index (κ3) is 3.92. The summed E-state index contributed by atoms with van der Waals surface area (Å²) in [6.07, 6.45) is 6.87. The maximum Gasteiger partial charge on any atom is 0.175 e. The molecule has 1 heterocycles. The van der Waals surface area contributed by atoms with Crippen LogP contribution in [0.25, 0.3) is 5.70 Å². The number of allylic oxidation sites excluding steroid dienone is 2. The van der Waals surface area contributed by atoms with Gasteiger partial charge in [-0.3, -0.25) is 0 Å². The highest BCUT2D eigenvalue weighted by molar-refractivity contribution is 5.56. The molecule has 4 N–H and O–H groups in total. The van der Waals surface area contributed by atoms with E-state index in [9.17, 15) is 8.78 Å². The van der Waals surface area contributed by atoms with Gasteiger partial charge in [0.15, 0.2) is 11.6 Å². The lowest BCUT2D eigenvalue weighted by Crippen LogP contribution is -2.02. The first kappa shape index (κ1) is 16.2. The van der Waals surface area contributed by atoms with Gasteiger partial charge in [0, 0.05) is 12.4 Å². The van der Waals surface area contributed by atoms with Crippen molar-refractivity contribution in [2.45, 2.75) is 6.42 Å². The molecule has 0 aliphatic heterocycles. The van der Waals surface area contributed by atoms with E-state index in [0.717, 1.165) is 12.1 Å². The molecular formula is C17H14F2N4. The third-order valence-electron chi connectivity index (χ3n) is 2.87. The molecule has 0 bridgehead atoms. The summed E-state index contributed by atoms with van der Waals surface area (Å²) in [7, 11) is 0. The molecule has 23 heavy (non-hydrogen) atoms. The first-order valence-electron chi connectivity index (χ1n) is 6.67. The summed E-state index contributed by atoms with van der Waals surface area (Å²) < 4.78 is 27.3. The van der Waals surface area contributed by atoms with Crippen molar-refractivity contribution >= 4 is 11.4 Å². The van der Waals surface area contributed by atoms with E-state index in [1.54, 1.807) is 12.2 Å². The Bertz CT molecular complexity index is 815. The topological polar surface area (TPSA) is 77.8 Å². The van der Waals surface area contributed by atoms with Gasteiger partial charge in [0.25, 0.3) is 0 Å². The Hall–Kier alpha value is -3.20. The number of anilines is 1. The zero-order valence-corrected chi connectivity index (χ0v) is 12.2. The Morgan fingerprint density at radius 3 is 2.57 bits per heavy atom. The number of hydrogen-bond donors (Lipinski definition) is 2. The Morgan fingerprint density at radius 2 is 1.91 bits per heavy atom. The van der Waals surface area contributed by atoms with Gasteiger partial charge in [-0.05, 0) is 18.6 Å². The standard InChI is InChI=1S/C17H14F2N4/c1-2-3-4-15(21)17-22-9-11(10-23-17)5-6-12-13(18)7-8-14(20)16(12)19/h2,4,7-10H,1,3,20-21H2/b15-4-. The van der Waals surface area contributed by atoms with Crippen LogP contribution in [0.1, 0.15) is 23.4 Å². The number of aromatic nitrogens is 2. The van der Waals surface area contributed by atoms with E-state index in [-0.39, 0.29) is 11.3 Å². The van der Waals surface area contributed by atoms with Gasteiger partial charge in [0.05, 0.1) is 22.5 Å². The van der Waals surface area contributed by atoms with E-state index >= 15 is 0 Å². The fraction of sp³-hybridized carbons (Fsp3) is 0.0588. The van der Waals surface area contributed by atoms with Crippen LogP contribution in [0.5, 0.6) is 0 Å². The van der Waals surface area contributed by atoms with Crippen LogP contribution in [0.2, 0.25) is 0 Å². The van der Waals surface area contributed by atoms with Crippen molar-refractivity contribution in [2.24, 2.45) is 5.73 Å². The van der Waals surface area contributed by atoms with Crippen molar-refractivity contribution in [3.05, 3.63) is 71.8 Å². The van der Waals surface area contributed by atoms with E-state index in [4.69, 9.17) is 11.5 Å². The third-order valence-corrected chi connectivity index (χ3v) is 2.87. The minimum Gasteiger partial charge on any atom is -0.396 e. The first-order valence-corrected chi connectivity index (χ1v) is 6.67. The van der Waals surface area contributed by atoms with E-state index in [2.05, 4.69) is 28.4 Å². The Morgan fingerprint density at radius 1 is 1.22 bits per heavy atom. The van der Waals surface area contributed by atoms with Crippen LogP contribution in [0.3, 0.4) is 0 Å². The summed E-state index contributed by atoms with van der Waals surface area (Å²) in [6, 6.07) is 2.21. The quantitative estimate of drug-likeness (QED) is 0.519. The average Bonchev–Trinajstić information content (AvgIpc) is 2.56. The normalized spacial score (nSPS) is 10.8. The van der Waals surface area contributed by atoms with E-state index < -0.39 is 11.6 Å². The number of nitrogen functional groups attached to an aromatic ring is 1. The van der Waals surface area contributed by atoms with Crippen LogP contribution in [0.15, 0.2) is 43.3 Å². The SMILES string of the molecule is C=CC/C=C(\N)c1ncc(C#Cc2c(F)ccc(N)c2F)cn1. The summed E-state index contributed by atoms with van der Waals surface area (Å²) >= 11 is 0. The summed E-state index contributed by atoms with van der Waals surface area (Å²) in [5.74, 6) is 3.68. The summed E-state index contributed by atoms with van der Waals surface area (Å²) in [4.78, 5) is 8.11. The minimum absolute atomic E-state index is 0.164. The largest absolute Gasteiger partial charge is 0.396 e. The molecule has 4 nitrogen and oxygen atoms in total. The highest BCUT2D eigenvalue weighted by Crippen LogP contribution is 2.17. The van der Waals surface area contributed by atoms with Crippen LogP contribution < -0.4 is 11.5 Å². The highest BCUT2D eigenvalue weighted by Gasteiger charge is 2.09. The van der Waals surface area contributed by atoms with Crippen LogP contribution >= 0.6 is 0 Å². The van der Waals surface area contributed by atoms with Crippen molar-refractivity contribution in [1.82, 2.24) is 9.97 Å². The van der Waals surface area contributed by atoms with Gasteiger partial charge in [0.1, 0.15) is 5.82 Å². The lowest BCUT2D eigenvalue weighted by atomic mass is 10.1. The Kier molecular flexibility index (Phi) is 5.05. The second-order valence-electron chi connectivity index (χ2n) is 4.55. The molecule has 0 saturated heterocycles. The second-order valence-corrected chi connectivity index (χ2v) is 4.55. The molecular weight excluding hydrogens is 298 g/mol. The van der Waals surface area contributed by atoms with E-state index in [1.165, 1.54) is 12.4 Å². The Balaban J connectivity index is 2.27. The van der Waals surface area contributed by atoms with Crippen molar-refractivity contribution in [2.75, 3.05) is 5.73 Å². The number of rotatable bonds is 3. The van der Waals surface area contributed by atoms with Crippen molar-refractivity contribution in [3.63, 3.8) is 0 Å². The van der Waals surface area contributed by atoms with Gasteiger partial charge in [-0.15, -0.1) is 6.58 Å². The molecule has 0 atom stereocenters. The molecule has 1 aromatic heterocycles. The molecule has 1 aromatic carbocycles. The smallest absolute Gasteiger partial charge is 0.175 e. The zero-order chi connectivity index (χ0) is 16.8. The second kappa shape index (κ2) is 7.18. The molecule has 0 radical (unpaired) electrons. The lowest BCUT2D eigenvalue weighted by Gasteiger charge is -2.00. The van der Waals surface area contributed by atoms with Gasteiger partial charge in [-0.25, -0.2) is 18.7 Å². The number of nitrogens with two attached hydrogens (primary N) is 2. The van der Waals surface area contributed by atoms with Crippen molar-refractivity contribution < 1.29 is 8.78 Å². The maximum absolute atomic E-state index is 13.7. The molecule has 0 aliphatic carbocycles. The predicted molar refractivity (Wildman–Crippen MR) is 85.8 cm³/mol. The number of halogens is 2. The molecule has 0 unspecified atom stereocenters. The molecule has 0 saturated carbocycles. The zero-order valence-electron chi connectivity index (χ0n) is 12.2. The van der Waals surface area contributed by atoms with E-state index in [1.807, 2.05) is 0 Å². The first-order chi connectivity index (χ1) is 11.0. The van der Waals surface area contributed by atoms with Gasteiger partial charge in [0.2, 0.25) is 0 Å². The van der Waals surface area contributed by atoms with Crippen LogP contribution in [-0.2, 0) is 0 Å². The molecule has 0 fully saturated rings. The van der Waals surface area contributed by atoms with Gasteiger partial charge in [-0.1, -0.05) is 24.0 Å². The molecule has 0 aliphatic rings. The molecule has 0 amide bonds. The van der Waals surface area contributed by atoms with Crippen LogP contribution in [-0.4, -0.2) is 9.97 Å². The number of hydrogen-bond acceptors (Lipinski definition) is 4. The summed E-state index contributed by atoms with van der Waals surface area (Å²) in [5, 5.41) is 0. The van der Waals surface area contributed by atoms with Gasteiger partial charge >= 0.3 is 0 Å². The number of nitrogens with zero attached hydrogens (tertiary/aromatic N) is 2. The fourth-order valence-electron chi connectivity index (χ4n) is 1.66. The molecule has 2 rings (SSSR count). The van der Waals surface area contributed by atoms with E-state index in [0.29, 0.717) is 23.5 Å². The number of benzene rings is 1. The van der Waals surface area contributed by atoms with Crippen molar-refractivity contribution in [3.8, 4) is 11.8 Å². The van der Waals surface area contributed by atoms with Gasteiger partial charge in [-0.2, -0.15) is 0 Å². The van der Waals surface area contributed by atoms with Gasteiger partial charge < -0.3 is 11.5 Å². The lowest BCUT2D eigenvalue weighted by molar-refractivity contribution is 0.580. The predicted octanol–water partition coefficient (Wildman–Crippen LogP) is 2.61. The Labute approximate surface area is 132 Å². The summed E-state index contributed by atoms with van der Waals surface area (Å²) in [6.45, 7) is 3.58. The molecule has 0 spiro atoms.